The maximum absolute atomic E-state index is 11.5. The van der Waals surface area contributed by atoms with Crippen molar-refractivity contribution in [1.82, 2.24) is 14.1 Å². The van der Waals surface area contributed by atoms with Crippen LogP contribution in [0.25, 0.3) is 0 Å². The van der Waals surface area contributed by atoms with E-state index in [0.29, 0.717) is 25.3 Å². The van der Waals surface area contributed by atoms with Crippen molar-refractivity contribution >= 4 is 10.0 Å². The number of aliphatic hydroxyl groups excluding tert-OH is 1. The molecule has 1 N–H and O–H groups in total. The molecule has 7 heteroatoms. The van der Waals surface area contributed by atoms with Gasteiger partial charge in [-0.1, -0.05) is 0 Å². The van der Waals surface area contributed by atoms with Crippen molar-refractivity contribution < 1.29 is 13.5 Å². The highest BCUT2D eigenvalue weighted by atomic mass is 32.2. The largest absolute Gasteiger partial charge is 0.390 e. The Labute approximate surface area is 94.5 Å². The average Bonchev–Trinajstić information content (AvgIpc) is 2.48. The fourth-order valence-electron chi connectivity index (χ4n) is 1.85. The summed E-state index contributed by atoms with van der Waals surface area (Å²) in [7, 11) is -3.16. The average molecular weight is 245 g/mol. The molecular formula is C9H15N3O3S. The molecule has 1 aliphatic heterocycles. The second-order valence-electron chi connectivity index (χ2n) is 3.96. The SMILES string of the molecule is CS(=O)(=O)N1CCCn2nc(CO)cc2C1. The first kappa shape index (κ1) is 11.6. The zero-order valence-electron chi connectivity index (χ0n) is 9.13. The summed E-state index contributed by atoms with van der Waals surface area (Å²) in [6, 6.07) is 1.75. The van der Waals surface area contributed by atoms with Crippen LogP contribution in [0.5, 0.6) is 0 Å². The molecule has 0 fully saturated rings. The highest BCUT2D eigenvalue weighted by molar-refractivity contribution is 7.88. The van der Waals surface area contributed by atoms with Gasteiger partial charge in [0.1, 0.15) is 0 Å². The quantitative estimate of drug-likeness (QED) is 0.765. The molecule has 0 aliphatic carbocycles. The summed E-state index contributed by atoms with van der Waals surface area (Å²) in [4.78, 5) is 0. The van der Waals surface area contributed by atoms with E-state index < -0.39 is 10.0 Å². The lowest BCUT2D eigenvalue weighted by molar-refractivity contribution is 0.275. The van der Waals surface area contributed by atoms with Gasteiger partial charge < -0.3 is 5.11 Å². The fourth-order valence-corrected chi connectivity index (χ4v) is 2.68. The topological polar surface area (TPSA) is 75.4 Å². The number of rotatable bonds is 2. The molecule has 0 radical (unpaired) electrons. The van der Waals surface area contributed by atoms with E-state index >= 15 is 0 Å². The minimum atomic E-state index is -3.16. The van der Waals surface area contributed by atoms with Gasteiger partial charge in [0, 0.05) is 13.1 Å². The van der Waals surface area contributed by atoms with Crippen molar-refractivity contribution in [3.05, 3.63) is 17.5 Å². The Hall–Kier alpha value is -0.920. The third-order valence-corrected chi connectivity index (χ3v) is 3.91. The van der Waals surface area contributed by atoms with E-state index in [0.717, 1.165) is 12.1 Å². The Morgan fingerprint density at radius 3 is 2.88 bits per heavy atom. The predicted octanol–water partition coefficient (Wildman–Crippen LogP) is -0.459. The Bertz CT molecular complexity index is 480. The lowest BCUT2D eigenvalue weighted by atomic mass is 10.3. The van der Waals surface area contributed by atoms with Crippen molar-refractivity contribution in [3.63, 3.8) is 0 Å². The van der Waals surface area contributed by atoms with E-state index in [1.165, 1.54) is 10.6 Å². The van der Waals surface area contributed by atoms with E-state index in [1.807, 2.05) is 0 Å². The van der Waals surface area contributed by atoms with Gasteiger partial charge in [0.15, 0.2) is 0 Å². The molecule has 1 aliphatic rings. The van der Waals surface area contributed by atoms with Crippen LogP contribution in [-0.2, 0) is 29.7 Å². The highest BCUT2D eigenvalue weighted by Crippen LogP contribution is 2.15. The van der Waals surface area contributed by atoms with Gasteiger partial charge in [-0.05, 0) is 12.5 Å². The molecule has 0 saturated carbocycles. The van der Waals surface area contributed by atoms with Gasteiger partial charge in [-0.3, -0.25) is 4.68 Å². The summed E-state index contributed by atoms with van der Waals surface area (Å²) in [5.41, 5.74) is 1.43. The second kappa shape index (κ2) is 4.15. The summed E-state index contributed by atoms with van der Waals surface area (Å²) in [6.45, 7) is 1.45. The molecule has 0 amide bonds. The molecule has 1 aromatic heterocycles. The van der Waals surface area contributed by atoms with Crippen LogP contribution in [-0.4, -0.2) is 40.4 Å². The van der Waals surface area contributed by atoms with Gasteiger partial charge in [-0.25, -0.2) is 8.42 Å². The first-order valence-corrected chi connectivity index (χ1v) is 6.97. The summed E-state index contributed by atoms with van der Waals surface area (Å²) in [5.74, 6) is 0. The Morgan fingerprint density at radius 1 is 1.50 bits per heavy atom. The standard InChI is InChI=1S/C9H15N3O3S/c1-16(14,15)11-3-2-4-12-9(6-11)5-8(7-13)10-12/h5,13H,2-4,6-7H2,1H3. The molecule has 0 saturated heterocycles. The summed E-state index contributed by atoms with van der Waals surface area (Å²) in [6.07, 6.45) is 1.96. The molecule has 0 aromatic carbocycles. The Morgan fingerprint density at radius 2 is 2.25 bits per heavy atom. The maximum atomic E-state index is 11.5. The molecular weight excluding hydrogens is 230 g/mol. The van der Waals surface area contributed by atoms with Gasteiger partial charge >= 0.3 is 0 Å². The van der Waals surface area contributed by atoms with E-state index in [-0.39, 0.29) is 6.61 Å². The van der Waals surface area contributed by atoms with Gasteiger partial charge in [-0.2, -0.15) is 9.40 Å². The summed E-state index contributed by atoms with van der Waals surface area (Å²) >= 11 is 0. The molecule has 2 heterocycles. The molecule has 0 bridgehead atoms. The number of aryl methyl sites for hydroxylation is 1. The second-order valence-corrected chi connectivity index (χ2v) is 5.94. The minimum Gasteiger partial charge on any atom is -0.390 e. The molecule has 2 rings (SSSR count). The molecule has 0 atom stereocenters. The van der Waals surface area contributed by atoms with Crippen LogP contribution in [0.2, 0.25) is 0 Å². The maximum Gasteiger partial charge on any atom is 0.211 e. The smallest absolute Gasteiger partial charge is 0.211 e. The first-order chi connectivity index (χ1) is 7.50. The third kappa shape index (κ3) is 2.26. The number of hydrogen-bond donors (Lipinski definition) is 1. The fraction of sp³-hybridized carbons (Fsp3) is 0.667. The third-order valence-electron chi connectivity index (χ3n) is 2.66. The molecule has 90 valence electrons. The van der Waals surface area contributed by atoms with Crippen LogP contribution < -0.4 is 0 Å². The van der Waals surface area contributed by atoms with E-state index in [4.69, 9.17) is 5.11 Å². The number of aromatic nitrogens is 2. The van der Waals surface area contributed by atoms with E-state index in [9.17, 15) is 8.42 Å². The molecule has 0 spiro atoms. The van der Waals surface area contributed by atoms with Crippen LogP contribution in [0.1, 0.15) is 17.8 Å². The lowest BCUT2D eigenvalue weighted by Gasteiger charge is -2.16. The van der Waals surface area contributed by atoms with Crippen LogP contribution in [0.15, 0.2) is 6.07 Å². The monoisotopic (exact) mass is 245 g/mol. The normalized spacial score (nSPS) is 18.1. The predicted molar refractivity (Wildman–Crippen MR) is 58.0 cm³/mol. The van der Waals surface area contributed by atoms with Crippen molar-refractivity contribution in [2.75, 3.05) is 12.8 Å². The molecule has 1 aromatic rings. The minimum absolute atomic E-state index is 0.112. The highest BCUT2D eigenvalue weighted by Gasteiger charge is 2.22. The summed E-state index contributed by atoms with van der Waals surface area (Å²) < 4.78 is 26.2. The van der Waals surface area contributed by atoms with Crippen LogP contribution in [0.3, 0.4) is 0 Å². The molecule has 0 unspecified atom stereocenters. The van der Waals surface area contributed by atoms with Crippen molar-refractivity contribution in [3.8, 4) is 0 Å². The van der Waals surface area contributed by atoms with Gasteiger partial charge in [0.2, 0.25) is 10.0 Å². The number of sulfonamides is 1. The zero-order valence-corrected chi connectivity index (χ0v) is 9.94. The number of fused-ring (bicyclic) bond motifs is 1. The zero-order chi connectivity index (χ0) is 11.8. The summed E-state index contributed by atoms with van der Waals surface area (Å²) in [5, 5.41) is 13.2. The molecule has 6 nitrogen and oxygen atoms in total. The van der Waals surface area contributed by atoms with E-state index in [2.05, 4.69) is 5.10 Å². The van der Waals surface area contributed by atoms with E-state index in [1.54, 1.807) is 10.7 Å². The first-order valence-electron chi connectivity index (χ1n) is 5.12. The number of nitrogens with zero attached hydrogens (tertiary/aromatic N) is 3. The van der Waals surface area contributed by atoms with Crippen molar-refractivity contribution in [2.45, 2.75) is 26.1 Å². The van der Waals surface area contributed by atoms with Gasteiger partial charge in [0.25, 0.3) is 0 Å². The van der Waals surface area contributed by atoms with Crippen molar-refractivity contribution in [2.24, 2.45) is 0 Å². The Kier molecular flexibility index (Phi) is 3.00. The van der Waals surface area contributed by atoms with Crippen LogP contribution >= 0.6 is 0 Å². The van der Waals surface area contributed by atoms with Crippen molar-refractivity contribution in [1.29, 1.82) is 0 Å². The molecule has 16 heavy (non-hydrogen) atoms. The number of aliphatic hydroxyl groups is 1. The van der Waals surface area contributed by atoms with Gasteiger partial charge in [0.05, 0.1) is 30.8 Å². The van der Waals surface area contributed by atoms with Crippen LogP contribution in [0.4, 0.5) is 0 Å². The lowest BCUT2D eigenvalue weighted by Crippen LogP contribution is -2.29. The van der Waals surface area contributed by atoms with Crippen LogP contribution in [0, 0.1) is 0 Å². The number of hydrogen-bond acceptors (Lipinski definition) is 4. The van der Waals surface area contributed by atoms with Gasteiger partial charge in [-0.15, -0.1) is 0 Å². The Balaban J connectivity index is 2.29.